The lowest BCUT2D eigenvalue weighted by atomic mass is 9.97. The minimum atomic E-state index is -0.538. The molecule has 2 atom stereocenters. The fraction of sp³-hybridized carbons (Fsp3) is 0.550. The quantitative estimate of drug-likeness (QED) is 0.691. The summed E-state index contributed by atoms with van der Waals surface area (Å²) in [6.07, 6.45) is 2.81. The topological polar surface area (TPSA) is 66.9 Å². The molecule has 2 unspecified atom stereocenters. The normalized spacial score (nSPS) is 22.2. The highest BCUT2D eigenvalue weighted by molar-refractivity contribution is 6.35. The number of nitrogens with zero attached hydrogens (tertiary/aromatic N) is 2. The molecule has 3 rings (SSSR count). The van der Waals surface area contributed by atoms with Gasteiger partial charge in [0.1, 0.15) is 6.04 Å². The van der Waals surface area contributed by atoms with Crippen molar-refractivity contribution in [3.8, 4) is 0 Å². The molecule has 1 aromatic rings. The molecule has 0 bridgehead atoms. The highest BCUT2D eigenvalue weighted by Gasteiger charge is 2.39. The van der Waals surface area contributed by atoms with Crippen LogP contribution in [-0.2, 0) is 14.3 Å². The number of halogens is 2. The zero-order valence-electron chi connectivity index (χ0n) is 15.8. The van der Waals surface area contributed by atoms with Gasteiger partial charge in [-0.3, -0.25) is 14.4 Å². The minimum absolute atomic E-state index is 0.113. The van der Waals surface area contributed by atoms with Crippen molar-refractivity contribution in [2.45, 2.75) is 38.6 Å². The van der Waals surface area contributed by atoms with Crippen LogP contribution in [0.4, 0.5) is 0 Å². The summed E-state index contributed by atoms with van der Waals surface area (Å²) in [6, 6.07) is 4.20. The largest absolute Gasteiger partial charge is 0.466 e. The maximum absolute atomic E-state index is 13.1. The summed E-state index contributed by atoms with van der Waals surface area (Å²) in [6.45, 7) is 3.52. The van der Waals surface area contributed by atoms with Crippen LogP contribution in [-0.4, -0.2) is 59.9 Å². The third kappa shape index (κ3) is 4.44. The summed E-state index contributed by atoms with van der Waals surface area (Å²) >= 11 is 12.2. The van der Waals surface area contributed by atoms with Crippen molar-refractivity contribution in [1.82, 2.24) is 9.80 Å². The van der Waals surface area contributed by atoms with Crippen LogP contribution in [0.1, 0.15) is 43.0 Å². The van der Waals surface area contributed by atoms with Gasteiger partial charge in [0.15, 0.2) is 0 Å². The average Bonchev–Trinajstić information content (AvgIpc) is 3.19. The maximum Gasteiger partial charge on any atom is 0.310 e. The Morgan fingerprint density at radius 2 is 1.89 bits per heavy atom. The fourth-order valence-corrected chi connectivity index (χ4v) is 4.29. The van der Waals surface area contributed by atoms with E-state index in [1.54, 1.807) is 28.9 Å². The van der Waals surface area contributed by atoms with E-state index in [2.05, 4.69) is 0 Å². The summed E-state index contributed by atoms with van der Waals surface area (Å²) in [4.78, 5) is 41.5. The number of carbonyl (C=O) groups is 3. The molecule has 2 amide bonds. The predicted molar refractivity (Wildman–Crippen MR) is 106 cm³/mol. The lowest BCUT2D eigenvalue weighted by Crippen LogP contribution is -2.51. The zero-order chi connectivity index (χ0) is 20.3. The van der Waals surface area contributed by atoms with E-state index in [0.29, 0.717) is 54.7 Å². The highest BCUT2D eigenvalue weighted by Crippen LogP contribution is 2.28. The first-order valence-corrected chi connectivity index (χ1v) is 10.4. The minimum Gasteiger partial charge on any atom is -0.466 e. The SMILES string of the molecule is CCOC(=O)C1CCCN(C(=O)C2CCCN2C(=O)c2cc(Cl)ccc2Cl)C1. The molecule has 2 fully saturated rings. The van der Waals surface area contributed by atoms with Gasteiger partial charge in [-0.1, -0.05) is 23.2 Å². The lowest BCUT2D eigenvalue weighted by Gasteiger charge is -2.35. The Morgan fingerprint density at radius 3 is 2.64 bits per heavy atom. The molecule has 2 saturated heterocycles. The Labute approximate surface area is 174 Å². The fourth-order valence-electron chi connectivity index (χ4n) is 3.92. The van der Waals surface area contributed by atoms with Gasteiger partial charge in [0, 0.05) is 24.7 Å². The van der Waals surface area contributed by atoms with Crippen molar-refractivity contribution in [1.29, 1.82) is 0 Å². The zero-order valence-corrected chi connectivity index (χ0v) is 17.3. The Balaban J connectivity index is 1.73. The van der Waals surface area contributed by atoms with Gasteiger partial charge in [-0.05, 0) is 50.8 Å². The molecule has 0 N–H and O–H groups in total. The summed E-state index contributed by atoms with van der Waals surface area (Å²) < 4.78 is 5.11. The molecule has 0 aromatic heterocycles. The van der Waals surface area contributed by atoms with Gasteiger partial charge < -0.3 is 14.5 Å². The number of likely N-dealkylation sites (tertiary alicyclic amines) is 2. The van der Waals surface area contributed by atoms with Crippen LogP contribution in [0.25, 0.3) is 0 Å². The van der Waals surface area contributed by atoms with Gasteiger partial charge in [-0.25, -0.2) is 0 Å². The van der Waals surface area contributed by atoms with Crippen LogP contribution >= 0.6 is 23.2 Å². The first kappa shape index (κ1) is 20.9. The summed E-state index contributed by atoms with van der Waals surface area (Å²) in [5, 5.41) is 0.732. The van der Waals surface area contributed by atoms with E-state index in [1.807, 2.05) is 0 Å². The van der Waals surface area contributed by atoms with Crippen molar-refractivity contribution in [2.24, 2.45) is 5.92 Å². The van der Waals surface area contributed by atoms with E-state index in [-0.39, 0.29) is 23.7 Å². The van der Waals surface area contributed by atoms with Crippen molar-refractivity contribution >= 4 is 41.0 Å². The molecule has 28 heavy (non-hydrogen) atoms. The van der Waals surface area contributed by atoms with Gasteiger partial charge in [0.2, 0.25) is 5.91 Å². The molecule has 2 aliphatic heterocycles. The summed E-state index contributed by atoms with van der Waals surface area (Å²) in [5.74, 6) is -0.962. The summed E-state index contributed by atoms with van der Waals surface area (Å²) in [7, 11) is 0. The Morgan fingerprint density at radius 1 is 1.14 bits per heavy atom. The van der Waals surface area contributed by atoms with E-state index in [1.165, 1.54) is 6.07 Å². The molecule has 6 nitrogen and oxygen atoms in total. The molecule has 0 radical (unpaired) electrons. The van der Waals surface area contributed by atoms with Crippen molar-refractivity contribution in [2.75, 3.05) is 26.2 Å². The van der Waals surface area contributed by atoms with Gasteiger partial charge in [-0.15, -0.1) is 0 Å². The van der Waals surface area contributed by atoms with E-state index in [4.69, 9.17) is 27.9 Å². The van der Waals surface area contributed by atoms with Crippen molar-refractivity contribution < 1.29 is 19.1 Å². The second-order valence-corrected chi connectivity index (χ2v) is 8.00. The van der Waals surface area contributed by atoms with Crippen molar-refractivity contribution in [3.05, 3.63) is 33.8 Å². The number of hydrogen-bond acceptors (Lipinski definition) is 4. The monoisotopic (exact) mass is 426 g/mol. The van der Waals surface area contributed by atoms with E-state index >= 15 is 0 Å². The Bertz CT molecular complexity index is 771. The predicted octanol–water partition coefficient (Wildman–Crippen LogP) is 3.40. The number of ether oxygens (including phenoxy) is 1. The van der Waals surface area contributed by atoms with Gasteiger partial charge in [-0.2, -0.15) is 0 Å². The molecule has 1 aromatic carbocycles. The van der Waals surface area contributed by atoms with Crippen LogP contribution in [0.2, 0.25) is 10.0 Å². The average molecular weight is 427 g/mol. The molecule has 2 heterocycles. The number of amides is 2. The molecule has 0 saturated carbocycles. The molecule has 0 spiro atoms. The van der Waals surface area contributed by atoms with Crippen LogP contribution in [0.3, 0.4) is 0 Å². The number of rotatable bonds is 4. The van der Waals surface area contributed by atoms with Crippen molar-refractivity contribution in [3.63, 3.8) is 0 Å². The first-order valence-electron chi connectivity index (χ1n) is 9.63. The number of benzene rings is 1. The molecule has 152 valence electrons. The molecule has 2 aliphatic rings. The standard InChI is InChI=1S/C20H24Cl2N2O4/c1-2-28-20(27)13-5-3-9-23(12-13)19(26)17-6-4-10-24(17)18(25)15-11-14(21)7-8-16(15)22/h7-8,11,13,17H,2-6,9-10,12H2,1H3. The van der Waals surface area contributed by atoms with Crippen LogP contribution in [0.5, 0.6) is 0 Å². The smallest absolute Gasteiger partial charge is 0.310 e. The van der Waals surface area contributed by atoms with Gasteiger partial charge >= 0.3 is 5.97 Å². The van der Waals surface area contributed by atoms with E-state index in [9.17, 15) is 14.4 Å². The summed E-state index contributed by atoms with van der Waals surface area (Å²) in [5.41, 5.74) is 0.303. The van der Waals surface area contributed by atoms with Gasteiger partial charge in [0.05, 0.1) is 23.1 Å². The van der Waals surface area contributed by atoms with E-state index < -0.39 is 6.04 Å². The lowest BCUT2D eigenvalue weighted by molar-refractivity contribution is -0.151. The molecule has 0 aliphatic carbocycles. The van der Waals surface area contributed by atoms with Crippen LogP contribution in [0, 0.1) is 5.92 Å². The number of hydrogen-bond donors (Lipinski definition) is 0. The third-order valence-electron chi connectivity index (χ3n) is 5.31. The maximum atomic E-state index is 13.1. The van der Waals surface area contributed by atoms with Gasteiger partial charge in [0.25, 0.3) is 5.91 Å². The highest BCUT2D eigenvalue weighted by atomic mass is 35.5. The molecule has 8 heteroatoms. The first-order chi connectivity index (χ1) is 13.4. The molecular formula is C20H24Cl2N2O4. The van der Waals surface area contributed by atoms with E-state index in [0.717, 1.165) is 12.8 Å². The number of esters is 1. The Hall–Kier alpha value is -1.79. The second kappa shape index (κ2) is 9.14. The Kier molecular flexibility index (Phi) is 6.83. The van der Waals surface area contributed by atoms with Crippen LogP contribution in [0.15, 0.2) is 18.2 Å². The molecular weight excluding hydrogens is 403 g/mol. The second-order valence-electron chi connectivity index (χ2n) is 7.16. The number of piperidine rings is 1. The van der Waals surface area contributed by atoms with Crippen LogP contribution < -0.4 is 0 Å². The third-order valence-corrected chi connectivity index (χ3v) is 5.88. The number of carbonyl (C=O) groups excluding carboxylic acids is 3.